The third-order valence-electron chi connectivity index (χ3n) is 5.29. The number of ketones is 1. The zero-order valence-corrected chi connectivity index (χ0v) is 16.2. The topological polar surface area (TPSA) is 52.0 Å². The number of benzene rings is 1. The van der Waals surface area contributed by atoms with E-state index in [0.717, 1.165) is 46.2 Å². The molecule has 4 nitrogen and oxygen atoms in total. The van der Waals surface area contributed by atoms with E-state index in [4.69, 9.17) is 0 Å². The molecule has 0 fully saturated rings. The third kappa shape index (κ3) is 2.90. The van der Waals surface area contributed by atoms with Crippen molar-refractivity contribution in [3.8, 4) is 0 Å². The van der Waals surface area contributed by atoms with Crippen LogP contribution in [0.25, 0.3) is 10.2 Å². The van der Waals surface area contributed by atoms with Gasteiger partial charge in [-0.05, 0) is 56.2 Å². The maximum atomic E-state index is 13.0. The number of carbonyl (C=O) groups excluding carboxylic acids is 1. The highest BCUT2D eigenvalue weighted by atomic mass is 32.1. The molecule has 1 atom stereocenters. The van der Waals surface area contributed by atoms with Crippen molar-refractivity contribution < 1.29 is 4.79 Å². The van der Waals surface area contributed by atoms with Crippen molar-refractivity contribution in [2.45, 2.75) is 46.6 Å². The first kappa shape index (κ1) is 17.2. The quantitative estimate of drug-likeness (QED) is 0.656. The Bertz CT molecular complexity index is 1080. The molecule has 4 rings (SSSR count). The van der Waals surface area contributed by atoms with Gasteiger partial charge in [-0.25, -0.2) is 4.98 Å². The van der Waals surface area contributed by atoms with Crippen LogP contribution in [-0.4, -0.2) is 15.3 Å². The van der Waals surface area contributed by atoms with Crippen LogP contribution in [0.15, 0.2) is 29.3 Å². The maximum absolute atomic E-state index is 13.0. The molecule has 1 unspecified atom stereocenters. The lowest BCUT2D eigenvalue weighted by Crippen LogP contribution is -2.25. The second kappa shape index (κ2) is 6.47. The lowest BCUT2D eigenvalue weighted by Gasteiger charge is -2.17. The number of Topliss-reactive ketones (excluding diaryl/α,β-unsaturated/α-hetero) is 1. The Labute approximate surface area is 156 Å². The van der Waals surface area contributed by atoms with Gasteiger partial charge in [-0.2, -0.15) is 0 Å². The number of carbonyl (C=O) groups is 1. The van der Waals surface area contributed by atoms with Gasteiger partial charge in [0, 0.05) is 10.4 Å². The Morgan fingerprint density at radius 2 is 2.15 bits per heavy atom. The van der Waals surface area contributed by atoms with Gasteiger partial charge in [0.15, 0.2) is 5.78 Å². The molecular formula is C21H22N2O2S. The molecule has 5 heteroatoms. The SMILES string of the molecule is Cc1ccc(C)c(C(=O)Cn2cnc3sc4c(c3c2=O)CCC(C)C4)c1. The van der Waals surface area contributed by atoms with Crippen LogP contribution in [0.2, 0.25) is 0 Å². The first-order chi connectivity index (χ1) is 12.4. The smallest absolute Gasteiger partial charge is 0.262 e. The molecule has 0 radical (unpaired) electrons. The van der Waals surface area contributed by atoms with Crippen LogP contribution in [0.1, 0.15) is 45.3 Å². The van der Waals surface area contributed by atoms with E-state index >= 15 is 0 Å². The lowest BCUT2D eigenvalue weighted by molar-refractivity contribution is 0.0970. The van der Waals surface area contributed by atoms with Crippen molar-refractivity contribution >= 4 is 27.3 Å². The van der Waals surface area contributed by atoms with Crippen molar-refractivity contribution in [3.63, 3.8) is 0 Å². The summed E-state index contributed by atoms with van der Waals surface area (Å²) in [6.45, 7) is 6.18. The molecule has 0 bridgehead atoms. The molecule has 0 N–H and O–H groups in total. The summed E-state index contributed by atoms with van der Waals surface area (Å²) in [7, 11) is 0. The van der Waals surface area contributed by atoms with Gasteiger partial charge in [0.05, 0.1) is 18.3 Å². The summed E-state index contributed by atoms with van der Waals surface area (Å²) in [6.07, 6.45) is 4.59. The van der Waals surface area contributed by atoms with Crippen LogP contribution in [0.5, 0.6) is 0 Å². The summed E-state index contributed by atoms with van der Waals surface area (Å²) >= 11 is 1.64. The third-order valence-corrected chi connectivity index (χ3v) is 6.45. The van der Waals surface area contributed by atoms with Gasteiger partial charge in [0.1, 0.15) is 4.83 Å². The van der Waals surface area contributed by atoms with Gasteiger partial charge in [-0.1, -0.05) is 24.6 Å². The molecule has 1 aromatic carbocycles. The van der Waals surface area contributed by atoms with Crippen LogP contribution in [0.3, 0.4) is 0 Å². The summed E-state index contributed by atoms with van der Waals surface area (Å²) in [5.74, 6) is 0.607. The zero-order valence-electron chi connectivity index (χ0n) is 15.3. The molecule has 0 aliphatic heterocycles. The Kier molecular flexibility index (Phi) is 4.27. The van der Waals surface area contributed by atoms with Crippen LogP contribution in [0.4, 0.5) is 0 Å². The van der Waals surface area contributed by atoms with Crippen molar-refractivity contribution in [1.82, 2.24) is 9.55 Å². The normalized spacial score (nSPS) is 16.7. The van der Waals surface area contributed by atoms with E-state index in [0.29, 0.717) is 11.5 Å². The predicted molar refractivity (Wildman–Crippen MR) is 105 cm³/mol. The van der Waals surface area contributed by atoms with E-state index in [9.17, 15) is 9.59 Å². The first-order valence-corrected chi connectivity index (χ1v) is 9.86. The minimum Gasteiger partial charge on any atom is -0.292 e. The largest absolute Gasteiger partial charge is 0.292 e. The van der Waals surface area contributed by atoms with Crippen LogP contribution in [0, 0.1) is 19.8 Å². The van der Waals surface area contributed by atoms with E-state index < -0.39 is 0 Å². The average Bonchev–Trinajstić information content (AvgIpc) is 2.97. The van der Waals surface area contributed by atoms with Crippen LogP contribution < -0.4 is 5.56 Å². The standard InChI is InChI=1S/C21H22N2O2S/c1-12-4-6-14(3)16(8-12)17(24)10-23-11-22-20-19(21(23)25)15-7-5-13(2)9-18(15)26-20/h4,6,8,11,13H,5,7,9-10H2,1-3H3. The molecule has 1 aliphatic carbocycles. The number of hydrogen-bond donors (Lipinski definition) is 0. The highest BCUT2D eigenvalue weighted by Crippen LogP contribution is 2.35. The average molecular weight is 366 g/mol. The molecule has 0 amide bonds. The van der Waals surface area contributed by atoms with Gasteiger partial charge in [-0.3, -0.25) is 14.2 Å². The summed E-state index contributed by atoms with van der Waals surface area (Å²) < 4.78 is 1.47. The van der Waals surface area contributed by atoms with Gasteiger partial charge in [0.25, 0.3) is 5.56 Å². The Morgan fingerprint density at radius 1 is 1.35 bits per heavy atom. The fraction of sp³-hybridized carbons (Fsp3) is 0.381. The van der Waals surface area contributed by atoms with Crippen molar-refractivity contribution in [2.24, 2.45) is 5.92 Å². The molecule has 1 aliphatic rings. The number of aromatic nitrogens is 2. The summed E-state index contributed by atoms with van der Waals surface area (Å²) in [4.78, 5) is 32.4. The zero-order chi connectivity index (χ0) is 18.4. The molecule has 134 valence electrons. The van der Waals surface area contributed by atoms with Crippen LogP contribution >= 0.6 is 11.3 Å². The number of thiophene rings is 1. The van der Waals surface area contributed by atoms with Gasteiger partial charge >= 0.3 is 0 Å². The Balaban J connectivity index is 1.74. The molecule has 3 aromatic rings. The van der Waals surface area contributed by atoms with E-state index in [2.05, 4.69) is 11.9 Å². The molecule has 2 aromatic heterocycles. The Hall–Kier alpha value is -2.27. The van der Waals surface area contributed by atoms with Gasteiger partial charge < -0.3 is 0 Å². The van der Waals surface area contributed by atoms with Crippen molar-refractivity contribution in [1.29, 1.82) is 0 Å². The minimum absolute atomic E-state index is 0.0348. The second-order valence-corrected chi connectivity index (χ2v) is 8.53. The second-order valence-electron chi connectivity index (χ2n) is 7.45. The van der Waals surface area contributed by atoms with E-state index in [1.807, 2.05) is 32.0 Å². The Morgan fingerprint density at radius 3 is 2.96 bits per heavy atom. The fourth-order valence-electron chi connectivity index (χ4n) is 3.75. The highest BCUT2D eigenvalue weighted by Gasteiger charge is 2.23. The van der Waals surface area contributed by atoms with E-state index in [1.165, 1.54) is 15.8 Å². The molecular weight excluding hydrogens is 344 g/mol. The molecule has 26 heavy (non-hydrogen) atoms. The van der Waals surface area contributed by atoms with Gasteiger partial charge in [0.2, 0.25) is 0 Å². The van der Waals surface area contributed by atoms with Crippen molar-refractivity contribution in [3.05, 3.63) is 62.0 Å². The fourth-order valence-corrected chi connectivity index (χ4v) is 5.10. The number of fused-ring (bicyclic) bond motifs is 3. The van der Waals surface area contributed by atoms with E-state index in [1.54, 1.807) is 11.3 Å². The van der Waals surface area contributed by atoms with Crippen LogP contribution in [-0.2, 0) is 19.4 Å². The monoisotopic (exact) mass is 366 g/mol. The maximum Gasteiger partial charge on any atom is 0.262 e. The van der Waals surface area contributed by atoms with Crippen molar-refractivity contribution in [2.75, 3.05) is 0 Å². The highest BCUT2D eigenvalue weighted by molar-refractivity contribution is 7.18. The molecule has 0 saturated heterocycles. The van der Waals surface area contributed by atoms with Gasteiger partial charge in [-0.15, -0.1) is 11.3 Å². The predicted octanol–water partition coefficient (Wildman–Crippen LogP) is 4.08. The number of aryl methyl sites for hydroxylation is 3. The molecule has 0 spiro atoms. The first-order valence-electron chi connectivity index (χ1n) is 9.04. The van der Waals surface area contributed by atoms with E-state index in [-0.39, 0.29) is 17.9 Å². The molecule has 0 saturated carbocycles. The molecule has 2 heterocycles. The minimum atomic E-state index is -0.0827. The summed E-state index contributed by atoms with van der Waals surface area (Å²) in [5, 5.41) is 0.730. The number of rotatable bonds is 3. The summed E-state index contributed by atoms with van der Waals surface area (Å²) in [6, 6.07) is 5.83. The number of nitrogens with zero attached hydrogens (tertiary/aromatic N) is 2. The lowest BCUT2D eigenvalue weighted by atomic mass is 9.89. The summed E-state index contributed by atoms with van der Waals surface area (Å²) in [5.41, 5.74) is 3.73. The number of hydrogen-bond acceptors (Lipinski definition) is 4.